The second-order valence-corrected chi connectivity index (χ2v) is 5.66. The second kappa shape index (κ2) is 4.45. The van der Waals surface area contributed by atoms with Crippen LogP contribution in [0.4, 0.5) is 0 Å². The largest absolute Gasteiger partial charge is 0.359 e. The Kier molecular flexibility index (Phi) is 3.19. The lowest BCUT2D eigenvalue weighted by Gasteiger charge is -2.16. The van der Waals surface area contributed by atoms with Crippen molar-refractivity contribution in [3.05, 3.63) is 30.1 Å². The van der Waals surface area contributed by atoms with Crippen molar-refractivity contribution in [1.82, 2.24) is 10.3 Å². The molecule has 1 atom stereocenters. The molecule has 1 N–H and O–H groups in total. The monoisotopic (exact) mass is 235 g/mol. The Hall–Kier alpha value is -1.03. The number of pyridine rings is 1. The fourth-order valence-electron chi connectivity index (χ4n) is 1.55. The number of amidine groups is 1. The summed E-state index contributed by atoms with van der Waals surface area (Å²) in [4.78, 5) is 8.78. The van der Waals surface area contributed by atoms with Crippen molar-refractivity contribution in [3.8, 4) is 0 Å². The lowest BCUT2D eigenvalue weighted by Crippen LogP contribution is -2.37. The van der Waals surface area contributed by atoms with E-state index < -0.39 is 0 Å². The minimum absolute atomic E-state index is 0.164. The molecule has 1 aliphatic rings. The molecule has 2 heterocycles. The first kappa shape index (κ1) is 11.5. The van der Waals surface area contributed by atoms with Crippen molar-refractivity contribution >= 4 is 16.9 Å². The predicted octanol–water partition coefficient (Wildman–Crippen LogP) is 2.61. The highest BCUT2D eigenvalue weighted by Crippen LogP contribution is 2.25. The van der Waals surface area contributed by atoms with Gasteiger partial charge in [0.25, 0.3) is 0 Å². The number of hydrogen-bond donors (Lipinski definition) is 1. The van der Waals surface area contributed by atoms with E-state index in [2.05, 4.69) is 42.1 Å². The molecule has 0 bridgehead atoms. The quantitative estimate of drug-likeness (QED) is 0.856. The minimum Gasteiger partial charge on any atom is -0.359 e. The summed E-state index contributed by atoms with van der Waals surface area (Å²) < 4.78 is 0. The van der Waals surface area contributed by atoms with Gasteiger partial charge in [-0.25, -0.2) is 0 Å². The molecule has 0 aromatic carbocycles. The first-order valence-electron chi connectivity index (χ1n) is 5.45. The van der Waals surface area contributed by atoms with Crippen molar-refractivity contribution < 1.29 is 0 Å². The van der Waals surface area contributed by atoms with Crippen LogP contribution >= 0.6 is 11.8 Å². The van der Waals surface area contributed by atoms with Gasteiger partial charge >= 0.3 is 0 Å². The molecule has 86 valence electrons. The van der Waals surface area contributed by atoms with Crippen molar-refractivity contribution in [2.75, 3.05) is 5.75 Å². The van der Waals surface area contributed by atoms with E-state index in [0.29, 0.717) is 0 Å². The molecule has 16 heavy (non-hydrogen) atoms. The molecule has 0 spiro atoms. The van der Waals surface area contributed by atoms with Crippen LogP contribution in [0.1, 0.15) is 32.4 Å². The molecule has 0 saturated carbocycles. The molecule has 0 amide bonds. The summed E-state index contributed by atoms with van der Waals surface area (Å²) in [7, 11) is 0. The van der Waals surface area contributed by atoms with Gasteiger partial charge in [-0.3, -0.25) is 9.98 Å². The summed E-state index contributed by atoms with van der Waals surface area (Å²) in [5, 5.41) is 4.47. The lowest BCUT2D eigenvalue weighted by molar-refractivity contribution is 0.535. The fraction of sp³-hybridized carbons (Fsp3) is 0.500. The number of thioether (sulfide) groups is 1. The lowest BCUT2D eigenvalue weighted by atomic mass is 10.1. The number of nitrogens with zero attached hydrogens (tertiary/aromatic N) is 2. The van der Waals surface area contributed by atoms with Crippen LogP contribution in [0.15, 0.2) is 29.5 Å². The average molecular weight is 235 g/mol. The first-order valence-corrected chi connectivity index (χ1v) is 6.44. The Balaban J connectivity index is 2.08. The molecule has 1 saturated heterocycles. The van der Waals surface area contributed by atoms with Crippen LogP contribution in [0.3, 0.4) is 0 Å². The van der Waals surface area contributed by atoms with Crippen LogP contribution in [-0.4, -0.2) is 21.4 Å². The third-order valence-electron chi connectivity index (χ3n) is 2.49. The molecule has 0 radical (unpaired) electrons. The smallest absolute Gasteiger partial charge is 0.157 e. The molecule has 3 nitrogen and oxygen atoms in total. The first-order chi connectivity index (χ1) is 7.57. The van der Waals surface area contributed by atoms with Gasteiger partial charge in [-0.15, -0.1) is 0 Å². The van der Waals surface area contributed by atoms with E-state index >= 15 is 0 Å². The van der Waals surface area contributed by atoms with Gasteiger partial charge in [0, 0.05) is 23.7 Å². The highest BCUT2D eigenvalue weighted by molar-refractivity contribution is 8.14. The van der Waals surface area contributed by atoms with Gasteiger partial charge < -0.3 is 5.32 Å². The molecule has 0 aliphatic carbocycles. The SMILES string of the molecule is CC(N=C1NC(C)(C)CS1)c1cccnc1. The summed E-state index contributed by atoms with van der Waals surface area (Å²) in [5.74, 6) is 1.07. The van der Waals surface area contributed by atoms with E-state index in [4.69, 9.17) is 0 Å². The van der Waals surface area contributed by atoms with E-state index in [1.54, 1.807) is 18.0 Å². The van der Waals surface area contributed by atoms with Crippen LogP contribution in [0.25, 0.3) is 0 Å². The maximum atomic E-state index is 4.67. The summed E-state index contributed by atoms with van der Waals surface area (Å²) in [6.07, 6.45) is 3.66. The molecule has 1 aromatic rings. The van der Waals surface area contributed by atoms with Crippen LogP contribution < -0.4 is 5.32 Å². The second-order valence-electron chi connectivity index (χ2n) is 4.69. The van der Waals surface area contributed by atoms with Gasteiger partial charge in [0.05, 0.1) is 6.04 Å². The molecule has 1 aromatic heterocycles. The Morgan fingerprint density at radius 2 is 2.38 bits per heavy atom. The average Bonchev–Trinajstić information content (AvgIpc) is 2.59. The van der Waals surface area contributed by atoms with Crippen molar-refractivity contribution in [3.63, 3.8) is 0 Å². The van der Waals surface area contributed by atoms with Crippen LogP contribution in [0.5, 0.6) is 0 Å². The topological polar surface area (TPSA) is 37.3 Å². The van der Waals surface area contributed by atoms with Crippen molar-refractivity contribution in [2.24, 2.45) is 4.99 Å². The van der Waals surface area contributed by atoms with E-state index in [1.807, 2.05) is 12.3 Å². The summed E-state index contributed by atoms with van der Waals surface area (Å²) in [6.45, 7) is 6.48. The number of rotatable bonds is 2. The molecule has 4 heteroatoms. The van der Waals surface area contributed by atoms with Crippen LogP contribution in [-0.2, 0) is 0 Å². The van der Waals surface area contributed by atoms with Crippen LogP contribution in [0.2, 0.25) is 0 Å². The number of aliphatic imine (C=N–C) groups is 1. The van der Waals surface area contributed by atoms with E-state index in [9.17, 15) is 0 Å². The van der Waals surface area contributed by atoms with E-state index in [0.717, 1.165) is 16.5 Å². The number of hydrogen-bond acceptors (Lipinski definition) is 3. The van der Waals surface area contributed by atoms with E-state index in [1.165, 1.54) is 0 Å². The molecule has 1 unspecified atom stereocenters. The molecule has 2 rings (SSSR count). The zero-order chi connectivity index (χ0) is 11.6. The Labute approximate surface area is 101 Å². The summed E-state index contributed by atoms with van der Waals surface area (Å²) in [5.41, 5.74) is 1.32. The van der Waals surface area contributed by atoms with Gasteiger partial charge in [-0.2, -0.15) is 0 Å². The molecule has 1 aliphatic heterocycles. The zero-order valence-corrected chi connectivity index (χ0v) is 10.7. The van der Waals surface area contributed by atoms with Gasteiger partial charge in [-0.1, -0.05) is 17.8 Å². The molecular formula is C12H17N3S. The molecule has 1 fully saturated rings. The third kappa shape index (κ3) is 2.76. The maximum absolute atomic E-state index is 4.67. The number of nitrogens with one attached hydrogen (secondary N) is 1. The normalized spacial score (nSPS) is 23.1. The number of aromatic nitrogens is 1. The minimum atomic E-state index is 0.164. The van der Waals surface area contributed by atoms with Gasteiger partial charge in [-0.05, 0) is 32.4 Å². The van der Waals surface area contributed by atoms with E-state index in [-0.39, 0.29) is 11.6 Å². The van der Waals surface area contributed by atoms with Crippen LogP contribution in [0, 0.1) is 0 Å². The Morgan fingerprint density at radius 3 is 2.94 bits per heavy atom. The third-order valence-corrected chi connectivity index (χ3v) is 3.84. The van der Waals surface area contributed by atoms with Crippen molar-refractivity contribution in [1.29, 1.82) is 0 Å². The van der Waals surface area contributed by atoms with Gasteiger partial charge in [0.2, 0.25) is 0 Å². The fourth-order valence-corrected chi connectivity index (χ4v) is 2.70. The summed E-state index contributed by atoms with van der Waals surface area (Å²) in [6, 6.07) is 4.18. The highest BCUT2D eigenvalue weighted by atomic mass is 32.2. The zero-order valence-electron chi connectivity index (χ0n) is 9.90. The standard InChI is InChI=1S/C12H17N3S/c1-9(10-5-4-6-13-7-10)14-11-15-12(2,3)8-16-11/h4-7,9H,8H2,1-3H3,(H,14,15). The summed E-state index contributed by atoms with van der Waals surface area (Å²) >= 11 is 1.79. The van der Waals surface area contributed by atoms with Gasteiger partial charge in [0.15, 0.2) is 5.17 Å². The highest BCUT2D eigenvalue weighted by Gasteiger charge is 2.27. The van der Waals surface area contributed by atoms with Gasteiger partial charge in [0.1, 0.15) is 0 Å². The Bertz CT molecular complexity index is 387. The Morgan fingerprint density at radius 1 is 1.56 bits per heavy atom. The maximum Gasteiger partial charge on any atom is 0.157 e. The molecular weight excluding hydrogens is 218 g/mol. The van der Waals surface area contributed by atoms with Crippen molar-refractivity contribution in [2.45, 2.75) is 32.4 Å². The predicted molar refractivity (Wildman–Crippen MR) is 69.8 cm³/mol.